The number of methoxy groups -OCH3 is 1. The molecular formula is C21H29N3O6S2. The van der Waals surface area contributed by atoms with Crippen molar-refractivity contribution in [2.45, 2.75) is 45.1 Å². The zero-order valence-electron chi connectivity index (χ0n) is 18.7. The molecule has 1 amide bonds. The third-order valence-electron chi connectivity index (χ3n) is 4.43. The van der Waals surface area contributed by atoms with Crippen molar-refractivity contribution in [2.24, 2.45) is 0 Å². The second kappa shape index (κ2) is 10.3. The standard InChI is InChI=1S/C21H29N3O6S2/c1-6-12-31(26,27)24-18-9-7-8-17(15(18)4)22-21(25)16-10-11-19(30-5)20(13-16)32(28,29)23-14(2)3/h7-11,13-14,23-24H,6,12H2,1-5H3,(H,22,25). The fraction of sp³-hybridized carbons (Fsp3) is 0.381. The summed E-state index contributed by atoms with van der Waals surface area (Å²) in [6, 6.07) is 8.60. The molecule has 0 spiro atoms. The molecule has 2 aromatic rings. The minimum Gasteiger partial charge on any atom is -0.495 e. The molecule has 0 saturated carbocycles. The van der Waals surface area contributed by atoms with Gasteiger partial charge in [0.2, 0.25) is 20.0 Å². The molecule has 0 bridgehead atoms. The molecule has 2 rings (SSSR count). The monoisotopic (exact) mass is 483 g/mol. The Morgan fingerprint density at radius 2 is 1.72 bits per heavy atom. The normalized spacial score (nSPS) is 11.9. The van der Waals surface area contributed by atoms with Crippen LogP contribution in [0.15, 0.2) is 41.3 Å². The molecule has 32 heavy (non-hydrogen) atoms. The number of hydrogen-bond donors (Lipinski definition) is 3. The molecule has 2 aromatic carbocycles. The number of anilines is 2. The predicted octanol–water partition coefficient (Wildman–Crippen LogP) is 3.09. The van der Waals surface area contributed by atoms with Crippen molar-refractivity contribution in [3.05, 3.63) is 47.5 Å². The van der Waals surface area contributed by atoms with Crippen LogP contribution in [0.5, 0.6) is 5.75 Å². The smallest absolute Gasteiger partial charge is 0.255 e. The largest absolute Gasteiger partial charge is 0.495 e. The van der Waals surface area contributed by atoms with Crippen LogP contribution in [-0.4, -0.2) is 41.6 Å². The van der Waals surface area contributed by atoms with Crippen molar-refractivity contribution in [3.63, 3.8) is 0 Å². The summed E-state index contributed by atoms with van der Waals surface area (Å²) in [5, 5.41) is 2.71. The average Bonchev–Trinajstić information content (AvgIpc) is 2.69. The van der Waals surface area contributed by atoms with Gasteiger partial charge in [-0.25, -0.2) is 21.6 Å². The summed E-state index contributed by atoms with van der Waals surface area (Å²) in [5.41, 5.74) is 1.39. The van der Waals surface area contributed by atoms with E-state index in [-0.39, 0.29) is 28.0 Å². The fourth-order valence-electron chi connectivity index (χ4n) is 2.97. The van der Waals surface area contributed by atoms with Crippen LogP contribution in [-0.2, 0) is 20.0 Å². The molecule has 0 atom stereocenters. The maximum absolute atomic E-state index is 12.9. The molecule has 0 aliphatic heterocycles. The van der Waals surface area contributed by atoms with Gasteiger partial charge in [-0.15, -0.1) is 0 Å². The Hall–Kier alpha value is -2.63. The minimum atomic E-state index is -3.90. The molecular weight excluding hydrogens is 454 g/mol. The first kappa shape index (κ1) is 25.6. The molecule has 0 aliphatic rings. The van der Waals surface area contributed by atoms with Gasteiger partial charge in [-0.05, 0) is 63.1 Å². The maximum Gasteiger partial charge on any atom is 0.255 e. The van der Waals surface area contributed by atoms with Gasteiger partial charge in [0.15, 0.2) is 0 Å². The van der Waals surface area contributed by atoms with E-state index in [1.807, 2.05) is 0 Å². The van der Waals surface area contributed by atoms with Gasteiger partial charge in [0.1, 0.15) is 10.6 Å². The highest BCUT2D eigenvalue weighted by Gasteiger charge is 2.23. The fourth-order valence-corrected chi connectivity index (χ4v) is 5.61. The van der Waals surface area contributed by atoms with Crippen LogP contribution in [0.3, 0.4) is 0 Å². The van der Waals surface area contributed by atoms with Crippen LogP contribution in [0, 0.1) is 6.92 Å². The first-order chi connectivity index (χ1) is 14.9. The van der Waals surface area contributed by atoms with E-state index < -0.39 is 26.0 Å². The summed E-state index contributed by atoms with van der Waals surface area (Å²) in [6.45, 7) is 6.81. The second-order valence-electron chi connectivity index (χ2n) is 7.49. The molecule has 176 valence electrons. The summed E-state index contributed by atoms with van der Waals surface area (Å²) in [4.78, 5) is 12.7. The van der Waals surface area contributed by atoms with Crippen molar-refractivity contribution in [3.8, 4) is 5.75 Å². The van der Waals surface area contributed by atoms with Crippen LogP contribution in [0.4, 0.5) is 11.4 Å². The Balaban J connectivity index is 2.36. The number of benzene rings is 2. The van der Waals surface area contributed by atoms with Crippen LogP contribution in [0.2, 0.25) is 0 Å². The van der Waals surface area contributed by atoms with Crippen LogP contribution < -0.4 is 19.5 Å². The summed E-state index contributed by atoms with van der Waals surface area (Å²) in [6.07, 6.45) is 0.471. The first-order valence-electron chi connectivity index (χ1n) is 10.0. The van der Waals surface area contributed by atoms with E-state index in [2.05, 4.69) is 14.8 Å². The number of carbonyl (C=O) groups is 1. The van der Waals surface area contributed by atoms with Gasteiger partial charge in [0.05, 0.1) is 18.6 Å². The van der Waals surface area contributed by atoms with Crippen LogP contribution >= 0.6 is 0 Å². The predicted molar refractivity (Wildman–Crippen MR) is 125 cm³/mol. The van der Waals surface area contributed by atoms with Crippen molar-refractivity contribution < 1.29 is 26.4 Å². The third kappa shape index (κ3) is 6.44. The van der Waals surface area contributed by atoms with Crippen molar-refractivity contribution in [2.75, 3.05) is 22.9 Å². The number of ether oxygens (including phenoxy) is 1. The molecule has 0 heterocycles. The molecule has 3 N–H and O–H groups in total. The lowest BCUT2D eigenvalue weighted by atomic mass is 10.1. The van der Waals surface area contributed by atoms with Crippen LogP contribution in [0.25, 0.3) is 0 Å². The van der Waals surface area contributed by atoms with E-state index in [0.717, 1.165) is 0 Å². The van der Waals surface area contributed by atoms with Gasteiger partial charge in [0, 0.05) is 17.3 Å². The topological polar surface area (TPSA) is 131 Å². The van der Waals surface area contributed by atoms with Gasteiger partial charge in [0.25, 0.3) is 5.91 Å². The quantitative estimate of drug-likeness (QED) is 0.476. The Bertz CT molecular complexity index is 1190. The van der Waals surface area contributed by atoms with Crippen molar-refractivity contribution in [1.29, 1.82) is 0 Å². The van der Waals surface area contributed by atoms with Crippen molar-refractivity contribution >= 4 is 37.3 Å². The Labute approximate surface area is 189 Å². The highest BCUT2D eigenvalue weighted by Crippen LogP contribution is 2.28. The molecule has 0 radical (unpaired) electrons. The van der Waals surface area contributed by atoms with E-state index in [0.29, 0.717) is 23.4 Å². The van der Waals surface area contributed by atoms with Gasteiger partial charge in [-0.3, -0.25) is 9.52 Å². The number of amides is 1. The van der Waals surface area contributed by atoms with E-state index in [1.54, 1.807) is 45.9 Å². The van der Waals surface area contributed by atoms with Crippen molar-refractivity contribution in [1.82, 2.24) is 4.72 Å². The van der Waals surface area contributed by atoms with Gasteiger partial charge in [-0.1, -0.05) is 13.0 Å². The molecule has 0 unspecified atom stereocenters. The number of nitrogens with one attached hydrogen (secondary N) is 3. The van der Waals surface area contributed by atoms with Gasteiger partial charge < -0.3 is 10.1 Å². The number of carbonyl (C=O) groups excluding carboxylic acids is 1. The third-order valence-corrected chi connectivity index (χ3v) is 7.58. The molecule has 11 heteroatoms. The Morgan fingerprint density at radius 3 is 2.31 bits per heavy atom. The second-order valence-corrected chi connectivity index (χ2v) is 11.0. The molecule has 0 saturated heterocycles. The van der Waals surface area contributed by atoms with E-state index >= 15 is 0 Å². The maximum atomic E-state index is 12.9. The summed E-state index contributed by atoms with van der Waals surface area (Å²) in [5.74, 6) is -0.459. The molecule has 9 nitrogen and oxygen atoms in total. The number of rotatable bonds is 10. The SMILES string of the molecule is CCCS(=O)(=O)Nc1cccc(NC(=O)c2ccc(OC)c(S(=O)(=O)NC(C)C)c2)c1C. The van der Waals surface area contributed by atoms with Crippen LogP contribution in [0.1, 0.15) is 43.1 Å². The van der Waals surface area contributed by atoms with Gasteiger partial charge >= 0.3 is 0 Å². The summed E-state index contributed by atoms with van der Waals surface area (Å²) < 4.78 is 59.7. The van der Waals surface area contributed by atoms with E-state index in [1.165, 1.54) is 25.3 Å². The Morgan fingerprint density at radius 1 is 1.06 bits per heavy atom. The zero-order chi connectivity index (χ0) is 24.1. The lowest BCUT2D eigenvalue weighted by Gasteiger charge is -2.16. The Kier molecular flexibility index (Phi) is 8.27. The minimum absolute atomic E-state index is 0.0173. The lowest BCUT2D eigenvalue weighted by Crippen LogP contribution is -2.30. The molecule has 0 fully saturated rings. The molecule has 0 aromatic heterocycles. The van der Waals surface area contributed by atoms with E-state index in [9.17, 15) is 21.6 Å². The highest BCUT2D eigenvalue weighted by atomic mass is 32.2. The summed E-state index contributed by atoms with van der Waals surface area (Å²) >= 11 is 0. The van der Waals surface area contributed by atoms with Gasteiger partial charge in [-0.2, -0.15) is 0 Å². The molecule has 0 aliphatic carbocycles. The summed E-state index contributed by atoms with van der Waals surface area (Å²) in [7, 11) is -6.05. The lowest BCUT2D eigenvalue weighted by molar-refractivity contribution is 0.102. The zero-order valence-corrected chi connectivity index (χ0v) is 20.4. The van der Waals surface area contributed by atoms with E-state index in [4.69, 9.17) is 4.74 Å². The average molecular weight is 484 g/mol. The number of sulfonamides is 2. The number of hydrogen-bond acceptors (Lipinski definition) is 6. The first-order valence-corrected chi connectivity index (χ1v) is 13.2. The highest BCUT2D eigenvalue weighted by molar-refractivity contribution is 7.92.